The van der Waals surface area contributed by atoms with Gasteiger partial charge in [-0.25, -0.2) is 4.39 Å². The van der Waals surface area contributed by atoms with E-state index in [0.29, 0.717) is 12.1 Å². The molecular formula is C16H21FN2S. The van der Waals surface area contributed by atoms with Crippen molar-refractivity contribution in [1.82, 2.24) is 4.90 Å². The van der Waals surface area contributed by atoms with Crippen LogP contribution in [0.1, 0.15) is 30.5 Å². The van der Waals surface area contributed by atoms with Crippen LogP contribution in [0.3, 0.4) is 0 Å². The Kier molecular flexibility index (Phi) is 5.29. The smallest absolute Gasteiger partial charge is 0.127 e. The molecule has 0 radical (unpaired) electrons. The Labute approximate surface area is 124 Å². The summed E-state index contributed by atoms with van der Waals surface area (Å²) in [4.78, 5) is 2.13. The lowest BCUT2D eigenvalue weighted by Crippen LogP contribution is -2.38. The van der Waals surface area contributed by atoms with E-state index in [-0.39, 0.29) is 17.9 Å². The predicted octanol–water partition coefficient (Wildman–Crippen LogP) is 3.80. The van der Waals surface area contributed by atoms with E-state index < -0.39 is 0 Å². The zero-order valence-corrected chi connectivity index (χ0v) is 12.7. The van der Waals surface area contributed by atoms with Crippen molar-refractivity contribution in [2.24, 2.45) is 5.73 Å². The highest BCUT2D eigenvalue weighted by Crippen LogP contribution is 2.27. The fourth-order valence-corrected chi connectivity index (χ4v) is 3.18. The third-order valence-electron chi connectivity index (χ3n) is 3.61. The molecule has 0 aliphatic rings. The van der Waals surface area contributed by atoms with E-state index in [1.54, 1.807) is 17.4 Å². The molecule has 108 valence electrons. The van der Waals surface area contributed by atoms with Gasteiger partial charge in [-0.3, -0.25) is 4.90 Å². The molecule has 1 aromatic heterocycles. The number of nitrogens with two attached hydrogens (primary N) is 1. The Morgan fingerprint density at radius 2 is 2.05 bits per heavy atom. The minimum atomic E-state index is -0.159. The maximum atomic E-state index is 13.8. The first-order valence-corrected chi connectivity index (χ1v) is 7.79. The predicted molar refractivity (Wildman–Crippen MR) is 83.2 cm³/mol. The molecule has 2 atom stereocenters. The van der Waals surface area contributed by atoms with Crippen LogP contribution in [0.4, 0.5) is 4.39 Å². The lowest BCUT2D eigenvalue weighted by atomic mass is 9.98. The summed E-state index contributed by atoms with van der Waals surface area (Å²) in [7, 11) is 2.00. The lowest BCUT2D eigenvalue weighted by molar-refractivity contribution is 0.200. The Hall–Kier alpha value is -1.23. The molecule has 2 N–H and O–H groups in total. The molecule has 1 heterocycles. The maximum absolute atomic E-state index is 13.8. The molecule has 0 saturated heterocycles. The Balaban J connectivity index is 2.19. The first kappa shape index (κ1) is 15.2. The van der Waals surface area contributed by atoms with Crippen LogP contribution < -0.4 is 5.73 Å². The van der Waals surface area contributed by atoms with Crippen molar-refractivity contribution in [3.05, 3.63) is 58.0 Å². The van der Waals surface area contributed by atoms with Gasteiger partial charge in [-0.1, -0.05) is 25.1 Å². The molecule has 1 aromatic carbocycles. The second-order valence-corrected chi connectivity index (χ2v) is 5.86. The van der Waals surface area contributed by atoms with Gasteiger partial charge in [0.05, 0.1) is 6.04 Å². The summed E-state index contributed by atoms with van der Waals surface area (Å²) in [6.45, 7) is 2.64. The van der Waals surface area contributed by atoms with Crippen LogP contribution in [0, 0.1) is 5.82 Å². The van der Waals surface area contributed by atoms with E-state index >= 15 is 0 Å². The molecule has 4 heteroatoms. The number of thiophene rings is 1. The first-order valence-electron chi connectivity index (χ1n) is 6.84. The molecule has 0 saturated carbocycles. The molecule has 0 spiro atoms. The fraction of sp³-hybridized carbons (Fsp3) is 0.375. The number of halogens is 1. The number of rotatable bonds is 6. The van der Waals surface area contributed by atoms with Crippen molar-refractivity contribution in [2.45, 2.75) is 32.0 Å². The molecule has 0 aliphatic carbocycles. The highest BCUT2D eigenvalue weighted by molar-refractivity contribution is 7.07. The molecule has 0 amide bonds. The molecule has 2 rings (SSSR count). The van der Waals surface area contributed by atoms with Crippen molar-refractivity contribution in [2.75, 3.05) is 7.05 Å². The second-order valence-electron chi connectivity index (χ2n) is 5.08. The molecule has 0 fully saturated rings. The van der Waals surface area contributed by atoms with Gasteiger partial charge < -0.3 is 5.73 Å². The average molecular weight is 292 g/mol. The molecule has 20 heavy (non-hydrogen) atoms. The van der Waals surface area contributed by atoms with Gasteiger partial charge in [0, 0.05) is 18.2 Å². The number of benzene rings is 1. The van der Waals surface area contributed by atoms with Gasteiger partial charge in [-0.2, -0.15) is 11.3 Å². The molecular weight excluding hydrogens is 271 g/mol. The quantitative estimate of drug-likeness (QED) is 0.877. The van der Waals surface area contributed by atoms with Crippen LogP contribution in [-0.4, -0.2) is 18.0 Å². The highest BCUT2D eigenvalue weighted by Gasteiger charge is 2.24. The Morgan fingerprint density at radius 1 is 1.30 bits per heavy atom. The standard InChI is InChI=1S/C16H21FN2S/c1-3-15(18)16(13-8-9-20-11-13)19(2)10-12-6-4-5-7-14(12)17/h4-9,11,15-16H,3,10,18H2,1-2H3. The second kappa shape index (κ2) is 6.97. The summed E-state index contributed by atoms with van der Waals surface area (Å²) in [5.41, 5.74) is 8.19. The number of likely N-dealkylation sites (N-methyl/N-ethyl adjacent to an activating group) is 1. The van der Waals surface area contributed by atoms with Crippen molar-refractivity contribution < 1.29 is 4.39 Å². The van der Waals surface area contributed by atoms with Gasteiger partial charge >= 0.3 is 0 Å². The minimum absolute atomic E-state index is 0.0429. The maximum Gasteiger partial charge on any atom is 0.127 e. The van der Waals surface area contributed by atoms with Crippen LogP contribution in [0.2, 0.25) is 0 Å². The monoisotopic (exact) mass is 292 g/mol. The van der Waals surface area contributed by atoms with Crippen molar-refractivity contribution in [1.29, 1.82) is 0 Å². The summed E-state index contributed by atoms with van der Waals surface area (Å²) in [5.74, 6) is -0.159. The summed E-state index contributed by atoms with van der Waals surface area (Å²) in [6, 6.07) is 9.17. The molecule has 2 aromatic rings. The van der Waals surface area contributed by atoms with Gasteiger partial charge in [-0.15, -0.1) is 0 Å². The normalized spacial score (nSPS) is 14.4. The molecule has 0 bridgehead atoms. The zero-order chi connectivity index (χ0) is 14.5. The highest BCUT2D eigenvalue weighted by atomic mass is 32.1. The van der Waals surface area contributed by atoms with Gasteiger partial charge in [0.15, 0.2) is 0 Å². The Morgan fingerprint density at radius 3 is 2.65 bits per heavy atom. The van der Waals surface area contributed by atoms with E-state index in [2.05, 4.69) is 28.7 Å². The summed E-state index contributed by atoms with van der Waals surface area (Å²) >= 11 is 1.67. The van der Waals surface area contributed by atoms with Gasteiger partial charge in [0.25, 0.3) is 0 Å². The largest absolute Gasteiger partial charge is 0.326 e. The fourth-order valence-electron chi connectivity index (χ4n) is 2.49. The Bertz CT molecular complexity index is 527. The molecule has 2 unspecified atom stereocenters. The molecule has 0 aliphatic heterocycles. The summed E-state index contributed by atoms with van der Waals surface area (Å²) < 4.78 is 13.8. The number of hydrogen-bond acceptors (Lipinski definition) is 3. The molecule has 2 nitrogen and oxygen atoms in total. The minimum Gasteiger partial charge on any atom is -0.326 e. The SMILES string of the molecule is CCC(N)C(c1ccsc1)N(C)Cc1ccccc1F. The number of hydrogen-bond donors (Lipinski definition) is 1. The van der Waals surface area contributed by atoms with Crippen LogP contribution in [0.5, 0.6) is 0 Å². The van der Waals surface area contributed by atoms with Gasteiger partial charge in [0.2, 0.25) is 0 Å². The first-order chi connectivity index (χ1) is 9.63. The third kappa shape index (κ3) is 3.45. The van der Waals surface area contributed by atoms with Crippen LogP contribution in [0.25, 0.3) is 0 Å². The summed E-state index contributed by atoms with van der Waals surface area (Å²) in [6.07, 6.45) is 0.891. The average Bonchev–Trinajstić information content (AvgIpc) is 2.95. The van der Waals surface area contributed by atoms with E-state index in [1.807, 2.05) is 19.2 Å². The van der Waals surface area contributed by atoms with Crippen molar-refractivity contribution in [3.8, 4) is 0 Å². The van der Waals surface area contributed by atoms with Gasteiger partial charge in [-0.05, 0) is 41.9 Å². The van der Waals surface area contributed by atoms with Crippen molar-refractivity contribution >= 4 is 11.3 Å². The summed E-state index contributed by atoms with van der Waals surface area (Å²) in [5, 5.41) is 4.18. The van der Waals surface area contributed by atoms with Crippen LogP contribution in [0.15, 0.2) is 41.1 Å². The number of nitrogens with zero attached hydrogens (tertiary/aromatic N) is 1. The van der Waals surface area contributed by atoms with E-state index in [9.17, 15) is 4.39 Å². The third-order valence-corrected chi connectivity index (χ3v) is 4.32. The topological polar surface area (TPSA) is 29.3 Å². The van der Waals surface area contributed by atoms with E-state index in [1.165, 1.54) is 11.6 Å². The lowest BCUT2D eigenvalue weighted by Gasteiger charge is -2.32. The van der Waals surface area contributed by atoms with Crippen molar-refractivity contribution in [3.63, 3.8) is 0 Å². The zero-order valence-electron chi connectivity index (χ0n) is 11.9. The van der Waals surface area contributed by atoms with Crippen LogP contribution >= 0.6 is 11.3 Å². The van der Waals surface area contributed by atoms with E-state index in [4.69, 9.17) is 5.73 Å². The van der Waals surface area contributed by atoms with E-state index in [0.717, 1.165) is 6.42 Å². The van der Waals surface area contributed by atoms with Gasteiger partial charge in [0.1, 0.15) is 5.82 Å². The van der Waals surface area contributed by atoms with Crippen LogP contribution in [-0.2, 0) is 6.54 Å².